The van der Waals surface area contributed by atoms with Crippen LogP contribution < -0.4 is 4.90 Å². The predicted octanol–water partition coefficient (Wildman–Crippen LogP) is 3.17. The summed E-state index contributed by atoms with van der Waals surface area (Å²) < 4.78 is 0. The maximum Gasteiger partial charge on any atom is 0.354 e. The van der Waals surface area contributed by atoms with Gasteiger partial charge >= 0.3 is 5.97 Å². The summed E-state index contributed by atoms with van der Waals surface area (Å²) in [4.78, 5) is 17.8. The van der Waals surface area contributed by atoms with E-state index in [9.17, 15) is 9.90 Å². The van der Waals surface area contributed by atoms with Crippen molar-refractivity contribution in [2.45, 2.75) is 19.8 Å². The first-order chi connectivity index (χ1) is 9.69. The molecule has 0 atom stereocenters. The summed E-state index contributed by atoms with van der Waals surface area (Å²) >= 11 is 0. The van der Waals surface area contributed by atoms with Crippen LogP contribution in [0.5, 0.6) is 0 Å². The van der Waals surface area contributed by atoms with Gasteiger partial charge in [-0.3, -0.25) is 0 Å². The molecule has 0 radical (unpaired) electrons. The van der Waals surface area contributed by atoms with E-state index < -0.39 is 5.97 Å². The summed E-state index contributed by atoms with van der Waals surface area (Å²) in [7, 11) is 0. The highest BCUT2D eigenvalue weighted by atomic mass is 16.4. The van der Waals surface area contributed by atoms with Gasteiger partial charge in [-0.05, 0) is 37.8 Å². The lowest BCUT2D eigenvalue weighted by atomic mass is 10.1. The summed E-state index contributed by atoms with van der Waals surface area (Å²) in [6, 6.07) is 9.45. The van der Waals surface area contributed by atoms with E-state index in [1.807, 2.05) is 24.3 Å². The minimum absolute atomic E-state index is 0.118. The lowest BCUT2D eigenvalue weighted by Gasteiger charge is -2.24. The van der Waals surface area contributed by atoms with Gasteiger partial charge in [0.05, 0.1) is 5.52 Å². The number of carbonyl (C=O) groups is 1. The number of carboxylic acid groups (broad SMARTS) is 1. The predicted molar refractivity (Wildman–Crippen MR) is 79.3 cm³/mol. The van der Waals surface area contributed by atoms with Gasteiger partial charge in [0, 0.05) is 24.2 Å². The van der Waals surface area contributed by atoms with Crippen molar-refractivity contribution in [3.8, 4) is 0 Å². The second-order valence-corrected chi connectivity index (χ2v) is 5.33. The minimum atomic E-state index is -0.973. The molecule has 1 aliphatic carbocycles. The third-order valence-corrected chi connectivity index (χ3v) is 3.81. The molecule has 4 heteroatoms. The Morgan fingerprint density at radius 2 is 2.15 bits per heavy atom. The molecule has 0 unspecified atom stereocenters. The second kappa shape index (κ2) is 5.12. The van der Waals surface area contributed by atoms with E-state index in [0.717, 1.165) is 35.6 Å². The van der Waals surface area contributed by atoms with Crippen molar-refractivity contribution in [1.82, 2.24) is 4.98 Å². The number of aromatic carboxylic acids is 1. The van der Waals surface area contributed by atoms with Crippen molar-refractivity contribution < 1.29 is 9.90 Å². The van der Waals surface area contributed by atoms with Gasteiger partial charge in [0.15, 0.2) is 5.69 Å². The van der Waals surface area contributed by atoms with Crippen LogP contribution >= 0.6 is 0 Å². The minimum Gasteiger partial charge on any atom is -0.477 e. The molecular weight excluding hydrogens is 252 g/mol. The highest BCUT2D eigenvalue weighted by Crippen LogP contribution is 2.33. The number of rotatable bonds is 5. The van der Waals surface area contributed by atoms with E-state index >= 15 is 0 Å². The van der Waals surface area contributed by atoms with Gasteiger partial charge in [-0.1, -0.05) is 18.2 Å². The van der Waals surface area contributed by atoms with Gasteiger partial charge < -0.3 is 10.0 Å². The molecule has 3 rings (SSSR count). The lowest BCUT2D eigenvalue weighted by Crippen LogP contribution is -2.26. The Balaban J connectivity index is 2.12. The number of aromatic nitrogens is 1. The highest BCUT2D eigenvalue weighted by molar-refractivity contribution is 5.97. The fraction of sp³-hybridized carbons (Fsp3) is 0.375. The maximum atomic E-state index is 11.3. The van der Waals surface area contributed by atoms with E-state index in [4.69, 9.17) is 0 Å². The monoisotopic (exact) mass is 270 g/mol. The Morgan fingerprint density at radius 1 is 1.40 bits per heavy atom. The molecule has 0 spiro atoms. The number of pyridine rings is 1. The van der Waals surface area contributed by atoms with Crippen molar-refractivity contribution in [3.63, 3.8) is 0 Å². The molecule has 1 saturated carbocycles. The molecule has 1 aromatic heterocycles. The van der Waals surface area contributed by atoms with Gasteiger partial charge in [-0.15, -0.1) is 0 Å². The van der Waals surface area contributed by atoms with Crippen molar-refractivity contribution >= 4 is 22.6 Å². The first-order valence-corrected chi connectivity index (χ1v) is 7.07. The number of hydrogen-bond acceptors (Lipinski definition) is 3. The zero-order chi connectivity index (χ0) is 14.1. The molecule has 2 aromatic rings. The SMILES string of the molecule is CCN(CC1CC1)c1cc(C(=O)O)nc2ccccc12. The van der Waals surface area contributed by atoms with E-state index in [2.05, 4.69) is 16.8 Å². The van der Waals surface area contributed by atoms with E-state index in [-0.39, 0.29) is 5.69 Å². The third kappa shape index (κ3) is 2.46. The molecule has 1 aromatic carbocycles. The molecule has 0 saturated heterocycles. The van der Waals surface area contributed by atoms with E-state index in [1.54, 1.807) is 6.07 Å². The zero-order valence-electron chi connectivity index (χ0n) is 11.5. The molecule has 1 aliphatic rings. The van der Waals surface area contributed by atoms with Crippen molar-refractivity contribution in [3.05, 3.63) is 36.0 Å². The highest BCUT2D eigenvalue weighted by Gasteiger charge is 2.25. The number of para-hydroxylation sites is 1. The Morgan fingerprint density at radius 3 is 2.80 bits per heavy atom. The van der Waals surface area contributed by atoms with Gasteiger partial charge in [0.25, 0.3) is 0 Å². The Kier molecular flexibility index (Phi) is 3.30. The molecule has 1 N–H and O–H groups in total. The fourth-order valence-corrected chi connectivity index (χ4v) is 2.54. The number of carboxylic acids is 1. The topological polar surface area (TPSA) is 53.4 Å². The summed E-state index contributed by atoms with van der Waals surface area (Å²) in [5.74, 6) is -0.213. The Labute approximate surface area is 118 Å². The second-order valence-electron chi connectivity index (χ2n) is 5.33. The maximum absolute atomic E-state index is 11.3. The zero-order valence-corrected chi connectivity index (χ0v) is 11.5. The van der Waals surface area contributed by atoms with Gasteiger partial charge in [-0.2, -0.15) is 0 Å². The Hall–Kier alpha value is -2.10. The van der Waals surface area contributed by atoms with Crippen molar-refractivity contribution in [2.24, 2.45) is 5.92 Å². The fourth-order valence-electron chi connectivity index (χ4n) is 2.54. The van der Waals surface area contributed by atoms with Crippen LogP contribution in [0.1, 0.15) is 30.3 Å². The van der Waals surface area contributed by atoms with E-state index in [0.29, 0.717) is 0 Å². The number of nitrogens with zero attached hydrogens (tertiary/aromatic N) is 2. The summed E-state index contributed by atoms with van der Waals surface area (Å²) in [5.41, 5.74) is 1.85. The first kappa shape index (κ1) is 12.9. The average Bonchev–Trinajstić information content (AvgIpc) is 3.27. The van der Waals surface area contributed by atoms with Crippen LogP contribution in [0.15, 0.2) is 30.3 Å². The number of benzene rings is 1. The molecule has 1 heterocycles. The van der Waals surface area contributed by atoms with Crippen LogP contribution in [0.25, 0.3) is 10.9 Å². The smallest absolute Gasteiger partial charge is 0.354 e. The van der Waals surface area contributed by atoms with Gasteiger partial charge in [0.1, 0.15) is 0 Å². The first-order valence-electron chi connectivity index (χ1n) is 7.07. The standard InChI is InChI=1S/C16H18N2O2/c1-2-18(10-11-7-8-11)15-9-14(16(19)20)17-13-6-4-3-5-12(13)15/h3-6,9,11H,2,7-8,10H2,1H3,(H,19,20). The molecule has 4 nitrogen and oxygen atoms in total. The van der Waals surface area contributed by atoms with Crippen LogP contribution in [0.3, 0.4) is 0 Å². The van der Waals surface area contributed by atoms with Crippen LogP contribution in [-0.4, -0.2) is 29.1 Å². The lowest BCUT2D eigenvalue weighted by molar-refractivity contribution is 0.0691. The van der Waals surface area contributed by atoms with Crippen LogP contribution in [-0.2, 0) is 0 Å². The number of hydrogen-bond donors (Lipinski definition) is 1. The molecule has 0 bridgehead atoms. The quantitative estimate of drug-likeness (QED) is 0.906. The summed E-state index contributed by atoms with van der Waals surface area (Å²) in [6.07, 6.45) is 2.57. The third-order valence-electron chi connectivity index (χ3n) is 3.81. The molecule has 104 valence electrons. The summed E-state index contributed by atoms with van der Waals surface area (Å²) in [5, 5.41) is 10.3. The van der Waals surface area contributed by atoms with Gasteiger partial charge in [-0.25, -0.2) is 9.78 Å². The van der Waals surface area contributed by atoms with Crippen molar-refractivity contribution in [2.75, 3.05) is 18.0 Å². The van der Waals surface area contributed by atoms with Crippen molar-refractivity contribution in [1.29, 1.82) is 0 Å². The number of fused-ring (bicyclic) bond motifs is 1. The molecule has 0 amide bonds. The van der Waals surface area contributed by atoms with Crippen LogP contribution in [0.2, 0.25) is 0 Å². The Bertz CT molecular complexity index is 650. The summed E-state index contributed by atoms with van der Waals surface area (Å²) in [6.45, 7) is 3.99. The van der Waals surface area contributed by atoms with Crippen LogP contribution in [0.4, 0.5) is 5.69 Å². The number of anilines is 1. The molecule has 20 heavy (non-hydrogen) atoms. The van der Waals surface area contributed by atoms with Crippen LogP contribution in [0, 0.1) is 5.92 Å². The van der Waals surface area contributed by atoms with Gasteiger partial charge in [0.2, 0.25) is 0 Å². The largest absolute Gasteiger partial charge is 0.477 e. The molecule has 0 aliphatic heterocycles. The van der Waals surface area contributed by atoms with E-state index in [1.165, 1.54) is 12.8 Å². The average molecular weight is 270 g/mol. The molecular formula is C16H18N2O2. The normalized spacial score (nSPS) is 14.4. The molecule has 1 fully saturated rings.